The van der Waals surface area contributed by atoms with Crippen molar-refractivity contribution in [2.75, 3.05) is 33.9 Å². The molecule has 0 fully saturated rings. The quantitative estimate of drug-likeness (QED) is 0.0346. The third-order valence-corrected chi connectivity index (χ3v) is 13.7. The molecule has 0 aromatic carbocycles. The van der Waals surface area contributed by atoms with Crippen molar-refractivity contribution in [2.45, 2.75) is 303 Å². The molecule has 0 amide bonds. The van der Waals surface area contributed by atoms with Gasteiger partial charge in [0, 0.05) is 18.3 Å². The third-order valence-electron chi connectivity index (χ3n) is 13.7. The van der Waals surface area contributed by atoms with Crippen LogP contribution in [0, 0.1) is 5.41 Å². The Kier molecular flexibility index (Phi) is 51.0. The zero-order valence-corrected chi connectivity index (χ0v) is 45.3. The topological polar surface area (TPSA) is 55.8 Å². The van der Waals surface area contributed by atoms with Crippen LogP contribution in [0.15, 0.2) is 36.5 Å². The number of hydrogen-bond donors (Lipinski definition) is 0. The zero-order valence-electron chi connectivity index (χ0n) is 45.3. The average molecular weight is 927 g/mol. The lowest BCUT2D eigenvalue weighted by atomic mass is 9.80. The molecule has 0 atom stereocenters. The summed E-state index contributed by atoms with van der Waals surface area (Å²) in [5.74, 6) is -0.190. The Hall–Kier alpha value is -1.88. The molecule has 0 bridgehead atoms. The molecule has 0 aliphatic heterocycles. The number of ether oxygens (including phenoxy) is 2. The largest absolute Gasteiger partial charge is 0.465 e. The Morgan fingerprint density at radius 1 is 0.348 bits per heavy atom. The van der Waals surface area contributed by atoms with Crippen molar-refractivity contribution in [1.82, 2.24) is 4.90 Å². The first-order chi connectivity index (χ1) is 32.4. The van der Waals surface area contributed by atoms with Gasteiger partial charge in [-0.05, 0) is 123 Å². The van der Waals surface area contributed by atoms with Gasteiger partial charge in [-0.25, -0.2) is 0 Å². The fourth-order valence-electron chi connectivity index (χ4n) is 8.96. The van der Waals surface area contributed by atoms with Crippen molar-refractivity contribution in [2.24, 2.45) is 5.41 Å². The lowest BCUT2D eigenvalue weighted by Gasteiger charge is -2.34. The van der Waals surface area contributed by atoms with Crippen molar-refractivity contribution in [3.8, 4) is 0 Å². The summed E-state index contributed by atoms with van der Waals surface area (Å²) in [5.41, 5.74) is -0.346. The highest BCUT2D eigenvalue weighted by Crippen LogP contribution is 2.32. The summed E-state index contributed by atoms with van der Waals surface area (Å²) < 4.78 is 12.2. The maximum Gasteiger partial charge on any atom is 0.305 e. The molecule has 0 unspecified atom stereocenters. The summed E-state index contributed by atoms with van der Waals surface area (Å²) >= 11 is 0. The molecule has 0 heterocycles. The van der Waals surface area contributed by atoms with E-state index in [1.165, 1.54) is 225 Å². The molecule has 0 aliphatic carbocycles. The Balaban J connectivity index is 4.82. The first-order valence-corrected chi connectivity index (χ1v) is 29.3. The molecule has 5 nitrogen and oxygen atoms in total. The van der Waals surface area contributed by atoms with Gasteiger partial charge in [0.2, 0.25) is 0 Å². The van der Waals surface area contributed by atoms with Gasteiger partial charge in [-0.1, -0.05) is 224 Å². The van der Waals surface area contributed by atoms with Gasteiger partial charge < -0.3 is 14.4 Å². The summed E-state index contributed by atoms with van der Waals surface area (Å²) in [6, 6.07) is 0. The van der Waals surface area contributed by atoms with Gasteiger partial charge in [0.05, 0.1) is 0 Å². The molecule has 66 heavy (non-hydrogen) atoms. The molecule has 0 saturated carbocycles. The van der Waals surface area contributed by atoms with Crippen LogP contribution in [-0.4, -0.2) is 50.7 Å². The molecule has 0 rings (SSSR count). The smallest absolute Gasteiger partial charge is 0.305 e. The number of hydrogen-bond acceptors (Lipinski definition) is 5. The van der Waals surface area contributed by atoms with Gasteiger partial charge in [0.1, 0.15) is 13.2 Å². The van der Waals surface area contributed by atoms with Gasteiger partial charge in [0.25, 0.3) is 0 Å². The fraction of sp³-hybridized carbons (Fsp3) is 0.869. The molecule has 0 N–H and O–H groups in total. The van der Waals surface area contributed by atoms with Gasteiger partial charge in [0.15, 0.2) is 0 Å². The van der Waals surface area contributed by atoms with Crippen LogP contribution in [0.25, 0.3) is 0 Å². The van der Waals surface area contributed by atoms with Gasteiger partial charge >= 0.3 is 11.9 Å². The van der Waals surface area contributed by atoms with Crippen LogP contribution in [0.2, 0.25) is 0 Å². The number of rotatable bonds is 53. The molecule has 0 saturated heterocycles. The molecule has 0 spiro atoms. The van der Waals surface area contributed by atoms with E-state index in [2.05, 4.69) is 76.2 Å². The number of esters is 2. The van der Waals surface area contributed by atoms with Crippen LogP contribution in [-0.2, 0) is 19.1 Å². The normalized spacial score (nSPS) is 12.2. The fourth-order valence-corrected chi connectivity index (χ4v) is 8.96. The van der Waals surface area contributed by atoms with Crippen molar-refractivity contribution in [3.05, 3.63) is 36.5 Å². The Morgan fingerprint density at radius 2 is 0.606 bits per heavy atom. The maximum atomic E-state index is 13.1. The molecule has 0 radical (unpaired) electrons. The first-order valence-electron chi connectivity index (χ1n) is 29.3. The lowest BCUT2D eigenvalue weighted by molar-refractivity contribution is -0.155. The van der Waals surface area contributed by atoms with Crippen LogP contribution >= 0.6 is 0 Å². The first kappa shape index (κ1) is 64.1. The summed E-state index contributed by atoms with van der Waals surface area (Å²) in [7, 11) is 4.21. The molecule has 0 aliphatic rings. The number of nitrogens with zero attached hydrogens (tertiary/aromatic N) is 1. The van der Waals surface area contributed by atoms with E-state index in [1.54, 1.807) is 0 Å². The van der Waals surface area contributed by atoms with E-state index in [4.69, 9.17) is 9.47 Å². The second-order valence-electron chi connectivity index (χ2n) is 20.7. The number of carbonyl (C=O) groups excluding carboxylic acids is 2. The van der Waals surface area contributed by atoms with E-state index in [9.17, 15) is 9.59 Å². The maximum absolute atomic E-state index is 13.1. The zero-order chi connectivity index (χ0) is 48.1. The van der Waals surface area contributed by atoms with E-state index in [0.717, 1.165) is 51.5 Å². The molecule has 0 aromatic rings. The van der Waals surface area contributed by atoms with E-state index >= 15 is 0 Å². The molecular weight excluding hydrogens is 811 g/mol. The summed E-state index contributed by atoms with van der Waals surface area (Å²) in [6.07, 6.45) is 67.4. The van der Waals surface area contributed by atoms with E-state index in [1.807, 2.05) is 0 Å². The highest BCUT2D eigenvalue weighted by molar-refractivity contribution is 5.69. The summed E-state index contributed by atoms with van der Waals surface area (Å²) in [5, 5.41) is 0. The second kappa shape index (κ2) is 52.5. The highest BCUT2D eigenvalue weighted by atomic mass is 16.5. The summed E-state index contributed by atoms with van der Waals surface area (Å²) in [4.78, 5) is 28.5. The Morgan fingerprint density at radius 3 is 0.894 bits per heavy atom. The minimum absolute atomic E-state index is 0.0949. The van der Waals surface area contributed by atoms with Gasteiger partial charge in [-0.2, -0.15) is 0 Å². The molecule has 5 heteroatoms. The monoisotopic (exact) mass is 926 g/mol. The lowest BCUT2D eigenvalue weighted by Crippen LogP contribution is -2.37. The molecule has 0 aromatic heterocycles. The molecule has 388 valence electrons. The predicted octanol–water partition coefficient (Wildman–Crippen LogP) is 19.5. The van der Waals surface area contributed by atoms with Crippen LogP contribution in [0.3, 0.4) is 0 Å². The van der Waals surface area contributed by atoms with Gasteiger partial charge in [-0.3, -0.25) is 9.59 Å². The third kappa shape index (κ3) is 48.6. The van der Waals surface area contributed by atoms with Crippen LogP contribution in [0.1, 0.15) is 303 Å². The number of allylic oxidation sites excluding steroid dienone is 6. The number of carbonyl (C=O) groups is 2. The summed E-state index contributed by atoms with van der Waals surface area (Å²) in [6.45, 7) is 8.41. The minimum atomic E-state index is -0.346. The SMILES string of the molecule is CCCCCCCC/C=C\CCCCCCCCC(CCN(C)C)(COC(=O)CCCCCCC/C=C\CCCCCCCC)COC(=O)CCCCCCC/C=C\CCCCCCCC. The second-order valence-corrected chi connectivity index (χ2v) is 20.7. The van der Waals surface area contributed by atoms with Crippen molar-refractivity contribution in [1.29, 1.82) is 0 Å². The Labute approximate surface area is 413 Å². The minimum Gasteiger partial charge on any atom is -0.465 e. The predicted molar refractivity (Wildman–Crippen MR) is 290 cm³/mol. The van der Waals surface area contributed by atoms with Crippen LogP contribution in [0.5, 0.6) is 0 Å². The van der Waals surface area contributed by atoms with Crippen LogP contribution in [0.4, 0.5) is 0 Å². The van der Waals surface area contributed by atoms with Crippen molar-refractivity contribution < 1.29 is 19.1 Å². The van der Waals surface area contributed by atoms with Crippen molar-refractivity contribution >= 4 is 11.9 Å². The Bertz CT molecular complexity index is 1040. The van der Waals surface area contributed by atoms with E-state index in [-0.39, 0.29) is 17.4 Å². The van der Waals surface area contributed by atoms with E-state index in [0.29, 0.717) is 26.1 Å². The highest BCUT2D eigenvalue weighted by Gasteiger charge is 2.33. The standard InChI is InChI=1S/C61H115NO4/c1-6-9-12-15-18-21-24-27-30-33-36-39-42-45-48-51-54-61(55-56-62(4)5,57-65-59(63)52-49-46-43-40-37-34-31-28-25-22-19-16-13-10-7-2)58-66-60(64)53-50-47-44-41-38-35-32-29-26-23-20-17-14-11-8-3/h27-32H,6-26,33-58H2,1-5H3/b30-27-,31-28-,32-29-. The average Bonchev–Trinajstić information content (AvgIpc) is 3.31. The molecular formula is C61H115NO4. The van der Waals surface area contributed by atoms with Crippen molar-refractivity contribution in [3.63, 3.8) is 0 Å². The van der Waals surface area contributed by atoms with Crippen LogP contribution < -0.4 is 0 Å². The van der Waals surface area contributed by atoms with Gasteiger partial charge in [-0.15, -0.1) is 0 Å². The number of unbranched alkanes of at least 4 members (excludes halogenated alkanes) is 34. The van der Waals surface area contributed by atoms with E-state index < -0.39 is 0 Å².